The summed E-state index contributed by atoms with van der Waals surface area (Å²) in [6, 6.07) is 13.2. The van der Waals surface area contributed by atoms with Crippen molar-refractivity contribution in [1.29, 1.82) is 0 Å². The number of nitrogen functional groups attached to an aromatic ring is 2. The molecule has 0 saturated carbocycles. The van der Waals surface area contributed by atoms with Crippen molar-refractivity contribution in [2.75, 3.05) is 24.7 Å². The van der Waals surface area contributed by atoms with Gasteiger partial charge in [0.1, 0.15) is 0 Å². The fourth-order valence-electron chi connectivity index (χ4n) is 2.37. The molecule has 0 bridgehead atoms. The number of anilines is 2. The summed E-state index contributed by atoms with van der Waals surface area (Å²) in [4.78, 5) is 24.0. The zero-order valence-corrected chi connectivity index (χ0v) is 15.7. The van der Waals surface area contributed by atoms with Crippen molar-refractivity contribution in [3.8, 4) is 0 Å². The van der Waals surface area contributed by atoms with Crippen LogP contribution in [0.4, 0.5) is 11.4 Å². The van der Waals surface area contributed by atoms with Crippen LogP contribution in [-0.4, -0.2) is 25.2 Å². The van der Waals surface area contributed by atoms with Crippen LogP contribution in [0.1, 0.15) is 47.4 Å². The molecule has 0 unspecified atom stereocenters. The van der Waals surface area contributed by atoms with Crippen LogP contribution >= 0.6 is 0 Å². The molecule has 27 heavy (non-hydrogen) atoms. The Labute approximate surface area is 159 Å². The summed E-state index contributed by atoms with van der Waals surface area (Å²) in [5, 5.41) is 0. The van der Waals surface area contributed by atoms with E-state index >= 15 is 0 Å². The molecule has 2 aromatic carbocycles. The Morgan fingerprint density at radius 3 is 1.41 bits per heavy atom. The van der Waals surface area contributed by atoms with Crippen molar-refractivity contribution in [1.82, 2.24) is 0 Å². The Hall–Kier alpha value is -3.02. The van der Waals surface area contributed by atoms with Crippen LogP contribution in [0.5, 0.6) is 0 Å². The van der Waals surface area contributed by atoms with E-state index in [1.54, 1.807) is 48.5 Å². The van der Waals surface area contributed by atoms with Crippen LogP contribution in [0.15, 0.2) is 48.5 Å². The largest absolute Gasteiger partial charge is 0.462 e. The molecule has 0 heterocycles. The first-order valence-electron chi connectivity index (χ1n) is 8.82. The molecular formula is C21H26N2O4. The highest BCUT2D eigenvalue weighted by molar-refractivity contribution is 5.90. The molecule has 2 rings (SSSR count). The normalized spacial score (nSPS) is 11.0. The molecule has 0 saturated heterocycles. The van der Waals surface area contributed by atoms with E-state index < -0.39 is 0 Å². The Morgan fingerprint density at radius 2 is 1.07 bits per heavy atom. The smallest absolute Gasteiger partial charge is 0.338 e. The summed E-state index contributed by atoms with van der Waals surface area (Å²) in [5.41, 5.74) is 13.2. The monoisotopic (exact) mass is 370 g/mol. The van der Waals surface area contributed by atoms with E-state index in [0.29, 0.717) is 48.6 Å². The lowest BCUT2D eigenvalue weighted by Crippen LogP contribution is -2.20. The Morgan fingerprint density at radius 1 is 0.741 bits per heavy atom. The maximum atomic E-state index is 12.0. The van der Waals surface area contributed by atoms with Gasteiger partial charge in [-0.15, -0.1) is 0 Å². The first-order valence-corrected chi connectivity index (χ1v) is 8.82. The molecule has 0 aromatic heterocycles. The van der Waals surface area contributed by atoms with Crippen LogP contribution in [0.3, 0.4) is 0 Å². The van der Waals surface area contributed by atoms with Gasteiger partial charge in [-0.1, -0.05) is 13.8 Å². The van der Waals surface area contributed by atoms with Crippen molar-refractivity contribution >= 4 is 23.3 Å². The maximum Gasteiger partial charge on any atom is 0.338 e. The topological polar surface area (TPSA) is 105 Å². The van der Waals surface area contributed by atoms with Gasteiger partial charge in [-0.3, -0.25) is 0 Å². The van der Waals surface area contributed by atoms with Gasteiger partial charge in [0.25, 0.3) is 0 Å². The van der Waals surface area contributed by atoms with Crippen molar-refractivity contribution in [2.45, 2.75) is 26.7 Å². The molecule has 0 amide bonds. The fourth-order valence-corrected chi connectivity index (χ4v) is 2.37. The number of hydrogen-bond acceptors (Lipinski definition) is 6. The SMILES string of the molecule is CC(C)(CCOC(=O)c1ccc(N)cc1)CCOC(=O)c1ccc(N)cc1. The summed E-state index contributed by atoms with van der Waals surface area (Å²) in [6.07, 6.45) is 1.32. The molecule has 0 aliphatic heterocycles. The summed E-state index contributed by atoms with van der Waals surface area (Å²) < 4.78 is 10.6. The van der Waals surface area contributed by atoms with Crippen LogP contribution in [-0.2, 0) is 9.47 Å². The Bertz CT molecular complexity index is 702. The van der Waals surface area contributed by atoms with Gasteiger partial charge in [-0.2, -0.15) is 0 Å². The Kier molecular flexibility index (Phi) is 6.82. The van der Waals surface area contributed by atoms with Crippen LogP contribution in [0.25, 0.3) is 0 Å². The molecule has 4 N–H and O–H groups in total. The van der Waals surface area contributed by atoms with Gasteiger partial charge in [-0.05, 0) is 66.8 Å². The zero-order chi connectivity index (χ0) is 19.9. The highest BCUT2D eigenvalue weighted by atomic mass is 16.5. The van der Waals surface area contributed by atoms with Crippen molar-refractivity contribution in [3.05, 3.63) is 59.7 Å². The van der Waals surface area contributed by atoms with E-state index in [0.717, 1.165) is 0 Å². The first-order chi connectivity index (χ1) is 12.8. The zero-order valence-electron chi connectivity index (χ0n) is 15.7. The number of benzene rings is 2. The number of esters is 2. The summed E-state index contributed by atoms with van der Waals surface area (Å²) in [5.74, 6) is -0.749. The second kappa shape index (κ2) is 9.07. The predicted molar refractivity (Wildman–Crippen MR) is 105 cm³/mol. The number of carbonyl (C=O) groups is 2. The molecule has 0 fully saturated rings. The molecule has 0 aliphatic carbocycles. The van der Waals surface area contributed by atoms with Crippen LogP contribution in [0.2, 0.25) is 0 Å². The minimum absolute atomic E-state index is 0.136. The van der Waals surface area contributed by atoms with E-state index in [4.69, 9.17) is 20.9 Å². The molecule has 144 valence electrons. The highest BCUT2D eigenvalue weighted by Crippen LogP contribution is 2.25. The second-order valence-corrected chi connectivity index (χ2v) is 7.18. The van der Waals surface area contributed by atoms with Gasteiger partial charge < -0.3 is 20.9 Å². The molecule has 6 heteroatoms. The summed E-state index contributed by atoms with van der Waals surface area (Å²) in [7, 11) is 0. The van der Waals surface area contributed by atoms with Gasteiger partial charge in [0.05, 0.1) is 24.3 Å². The molecule has 6 nitrogen and oxygen atoms in total. The van der Waals surface area contributed by atoms with Gasteiger partial charge in [-0.25, -0.2) is 9.59 Å². The number of rotatable bonds is 8. The third-order valence-electron chi connectivity index (χ3n) is 4.32. The van der Waals surface area contributed by atoms with E-state index in [-0.39, 0.29) is 17.4 Å². The third kappa shape index (κ3) is 6.66. The van der Waals surface area contributed by atoms with E-state index in [9.17, 15) is 9.59 Å². The summed E-state index contributed by atoms with van der Waals surface area (Å²) >= 11 is 0. The molecule has 0 spiro atoms. The molecule has 0 radical (unpaired) electrons. The Balaban J connectivity index is 1.71. The fraction of sp³-hybridized carbons (Fsp3) is 0.333. The lowest BCUT2D eigenvalue weighted by atomic mass is 9.86. The predicted octanol–water partition coefficient (Wildman–Crippen LogP) is 3.67. The van der Waals surface area contributed by atoms with Gasteiger partial charge >= 0.3 is 11.9 Å². The molecule has 0 atom stereocenters. The minimum atomic E-state index is -0.374. The number of ether oxygens (including phenoxy) is 2. The summed E-state index contributed by atoms with van der Waals surface area (Å²) in [6.45, 7) is 4.67. The first kappa shape index (κ1) is 20.3. The molecule has 0 aliphatic rings. The number of hydrogen-bond donors (Lipinski definition) is 2. The standard InChI is InChI=1S/C21H26N2O4/c1-21(2,11-13-26-19(24)15-3-7-17(22)8-4-15)12-14-27-20(25)16-5-9-18(23)10-6-16/h3-10H,11-14,22-23H2,1-2H3. The lowest BCUT2D eigenvalue weighted by molar-refractivity contribution is 0.0389. The highest BCUT2D eigenvalue weighted by Gasteiger charge is 2.20. The van der Waals surface area contributed by atoms with E-state index in [2.05, 4.69) is 0 Å². The average Bonchev–Trinajstić information content (AvgIpc) is 2.62. The van der Waals surface area contributed by atoms with Gasteiger partial charge in [0.15, 0.2) is 0 Å². The minimum Gasteiger partial charge on any atom is -0.462 e. The molecule has 2 aromatic rings. The average molecular weight is 370 g/mol. The van der Waals surface area contributed by atoms with E-state index in [1.165, 1.54) is 0 Å². The third-order valence-corrected chi connectivity index (χ3v) is 4.32. The number of nitrogens with two attached hydrogens (primary N) is 2. The van der Waals surface area contributed by atoms with Gasteiger partial charge in [0.2, 0.25) is 0 Å². The second-order valence-electron chi connectivity index (χ2n) is 7.18. The lowest BCUT2D eigenvalue weighted by Gasteiger charge is -2.24. The molecular weight excluding hydrogens is 344 g/mol. The van der Waals surface area contributed by atoms with E-state index in [1.807, 2.05) is 13.8 Å². The quantitative estimate of drug-likeness (QED) is 0.543. The van der Waals surface area contributed by atoms with Crippen molar-refractivity contribution in [2.24, 2.45) is 5.41 Å². The number of carbonyl (C=O) groups excluding carboxylic acids is 2. The van der Waals surface area contributed by atoms with Crippen LogP contribution < -0.4 is 11.5 Å². The van der Waals surface area contributed by atoms with Crippen LogP contribution in [0, 0.1) is 5.41 Å². The van der Waals surface area contributed by atoms with Gasteiger partial charge in [0, 0.05) is 11.4 Å². The maximum absolute atomic E-state index is 12.0. The van der Waals surface area contributed by atoms with Crippen molar-refractivity contribution in [3.63, 3.8) is 0 Å². The van der Waals surface area contributed by atoms with Crippen molar-refractivity contribution < 1.29 is 19.1 Å².